The Morgan fingerprint density at radius 2 is 1.79 bits per heavy atom. The van der Waals surface area contributed by atoms with Gasteiger partial charge in [-0.2, -0.15) is 11.8 Å². The van der Waals surface area contributed by atoms with Crippen molar-refractivity contribution in [3.8, 4) is 0 Å². The average molecular weight is 546 g/mol. The van der Waals surface area contributed by atoms with E-state index in [0.29, 0.717) is 12.2 Å². The van der Waals surface area contributed by atoms with Crippen molar-refractivity contribution < 1.29 is 19.1 Å². The van der Waals surface area contributed by atoms with Gasteiger partial charge in [0.2, 0.25) is 11.8 Å². The first-order valence-corrected chi connectivity index (χ1v) is 15.5. The summed E-state index contributed by atoms with van der Waals surface area (Å²) in [5.41, 5.74) is 2.20. The van der Waals surface area contributed by atoms with Gasteiger partial charge in [0.25, 0.3) is 0 Å². The number of carbonyl (C=O) groups excluding carboxylic acids is 3. The molecule has 4 atom stereocenters. The highest BCUT2D eigenvalue weighted by atomic mass is 32.2. The normalized spacial score (nSPS) is 21.2. The largest absolute Gasteiger partial charge is 0.444 e. The number of thioether (sulfide) groups is 1. The summed E-state index contributed by atoms with van der Waals surface area (Å²) in [6, 6.07) is 4.63. The third kappa shape index (κ3) is 8.39. The standard InChI is InChI=1S/C30H47N3O4S/c1-19-13-14-20(2)23(17-19)26(27(34)31-22-11-9-8-10-12-22)33(25-18-21(25)3)28(35)24(15-16-38-7)32-29(36)37-30(4,5)6/h13-14,17,21-22,24-26H,8-12,15-16,18H2,1-7H3,(H,31,34)(H,32,36). The molecule has 0 aliphatic heterocycles. The molecule has 2 fully saturated rings. The molecular formula is C30H47N3O4S. The number of aryl methyl sites for hydroxylation is 2. The lowest BCUT2D eigenvalue weighted by Crippen LogP contribution is -2.55. The monoisotopic (exact) mass is 545 g/mol. The molecule has 0 saturated heterocycles. The zero-order valence-corrected chi connectivity index (χ0v) is 25.1. The van der Waals surface area contributed by atoms with Gasteiger partial charge in [-0.15, -0.1) is 0 Å². The van der Waals surface area contributed by atoms with Gasteiger partial charge in [0, 0.05) is 12.1 Å². The molecule has 2 aliphatic rings. The molecule has 0 heterocycles. The summed E-state index contributed by atoms with van der Waals surface area (Å²) in [7, 11) is 0. The van der Waals surface area contributed by atoms with Gasteiger partial charge in [-0.25, -0.2) is 4.79 Å². The number of rotatable bonds is 10. The Balaban J connectivity index is 1.99. The maximum absolute atomic E-state index is 14.4. The van der Waals surface area contributed by atoms with Crippen molar-refractivity contribution in [1.82, 2.24) is 15.5 Å². The van der Waals surface area contributed by atoms with Crippen molar-refractivity contribution in [3.05, 3.63) is 34.9 Å². The minimum atomic E-state index is -0.778. The molecule has 3 rings (SSSR count). The molecule has 2 N–H and O–H groups in total. The van der Waals surface area contributed by atoms with Gasteiger partial charge in [-0.05, 0) is 89.4 Å². The lowest BCUT2D eigenvalue weighted by atomic mass is 9.93. The highest BCUT2D eigenvalue weighted by Crippen LogP contribution is 2.41. The first-order chi connectivity index (χ1) is 17.9. The third-order valence-corrected chi connectivity index (χ3v) is 8.13. The highest BCUT2D eigenvalue weighted by Gasteiger charge is 2.48. The number of carbonyl (C=O) groups is 3. The molecule has 7 nitrogen and oxygen atoms in total. The summed E-state index contributed by atoms with van der Waals surface area (Å²) >= 11 is 1.62. The minimum absolute atomic E-state index is 0.0539. The van der Waals surface area contributed by atoms with Gasteiger partial charge in [0.1, 0.15) is 17.7 Å². The maximum atomic E-state index is 14.4. The number of amides is 3. The van der Waals surface area contributed by atoms with Gasteiger partial charge in [-0.3, -0.25) is 9.59 Å². The topological polar surface area (TPSA) is 87.7 Å². The second-order valence-corrected chi connectivity index (χ2v) is 13.1. The number of alkyl carbamates (subject to hydrolysis) is 1. The summed E-state index contributed by atoms with van der Waals surface area (Å²) in [6.45, 7) is 11.5. The van der Waals surface area contributed by atoms with Crippen molar-refractivity contribution in [2.24, 2.45) is 5.92 Å². The Bertz CT molecular complexity index is 986. The molecule has 38 heavy (non-hydrogen) atoms. The van der Waals surface area contributed by atoms with Gasteiger partial charge >= 0.3 is 6.09 Å². The van der Waals surface area contributed by atoms with E-state index in [1.54, 1.807) is 37.4 Å². The van der Waals surface area contributed by atoms with Gasteiger partial charge in [0.15, 0.2) is 0 Å². The number of nitrogens with zero attached hydrogens (tertiary/aromatic N) is 1. The molecule has 1 aromatic carbocycles. The SMILES string of the molecule is CSCCC(NC(=O)OC(C)(C)C)C(=O)N(C(C(=O)NC1CCCCC1)c1cc(C)ccc1C)C1CC1C. The van der Waals surface area contributed by atoms with E-state index in [-0.39, 0.29) is 29.8 Å². The predicted octanol–water partition coefficient (Wildman–Crippen LogP) is 5.68. The first kappa shape index (κ1) is 30.3. The number of hydrogen-bond acceptors (Lipinski definition) is 5. The second kappa shape index (κ2) is 13.2. The number of ether oxygens (including phenoxy) is 1. The van der Waals surface area contributed by atoms with Crippen molar-refractivity contribution in [2.75, 3.05) is 12.0 Å². The first-order valence-electron chi connectivity index (χ1n) is 14.1. The Hall–Kier alpha value is -2.22. The van der Waals surface area contributed by atoms with Crippen LogP contribution in [0.25, 0.3) is 0 Å². The zero-order chi connectivity index (χ0) is 28.0. The van der Waals surface area contributed by atoms with Crippen molar-refractivity contribution >= 4 is 29.7 Å². The third-order valence-electron chi connectivity index (χ3n) is 7.49. The van der Waals surface area contributed by atoms with Crippen LogP contribution >= 0.6 is 11.8 Å². The summed E-state index contributed by atoms with van der Waals surface area (Å²) in [5, 5.41) is 6.14. The predicted molar refractivity (Wildman–Crippen MR) is 154 cm³/mol. The lowest BCUT2D eigenvalue weighted by molar-refractivity contribution is -0.143. The quantitative estimate of drug-likeness (QED) is 0.395. The molecule has 0 bridgehead atoms. The van der Waals surface area contributed by atoms with E-state index in [1.807, 2.05) is 38.3 Å². The van der Waals surface area contributed by atoms with Crippen LogP contribution in [0.4, 0.5) is 4.79 Å². The van der Waals surface area contributed by atoms with E-state index < -0.39 is 23.8 Å². The fourth-order valence-corrected chi connectivity index (χ4v) is 5.77. The fraction of sp³-hybridized carbons (Fsp3) is 0.700. The molecule has 1 aromatic rings. The summed E-state index contributed by atoms with van der Waals surface area (Å²) < 4.78 is 5.50. The van der Waals surface area contributed by atoms with E-state index >= 15 is 0 Å². The molecule has 3 amide bonds. The molecule has 0 aromatic heterocycles. The van der Waals surface area contributed by atoms with E-state index in [9.17, 15) is 14.4 Å². The molecule has 2 aliphatic carbocycles. The molecule has 4 unspecified atom stereocenters. The van der Waals surface area contributed by atoms with Crippen molar-refractivity contribution in [1.29, 1.82) is 0 Å². The maximum Gasteiger partial charge on any atom is 0.408 e. The molecule has 2 saturated carbocycles. The Morgan fingerprint density at radius 1 is 1.13 bits per heavy atom. The number of benzene rings is 1. The smallest absolute Gasteiger partial charge is 0.408 e. The Kier molecular flexibility index (Phi) is 10.6. The fourth-order valence-electron chi connectivity index (χ4n) is 5.29. The Labute approximate surface area is 233 Å². The zero-order valence-electron chi connectivity index (χ0n) is 24.3. The van der Waals surface area contributed by atoms with E-state index in [2.05, 4.69) is 17.6 Å². The van der Waals surface area contributed by atoms with Crippen LogP contribution in [0.1, 0.15) is 95.4 Å². The van der Waals surface area contributed by atoms with Crippen LogP contribution in [0, 0.1) is 19.8 Å². The molecular weight excluding hydrogens is 498 g/mol. The van der Waals surface area contributed by atoms with Crippen LogP contribution in [0.15, 0.2) is 18.2 Å². The van der Waals surface area contributed by atoms with E-state index in [4.69, 9.17) is 4.74 Å². The van der Waals surface area contributed by atoms with Gasteiger partial charge in [0.05, 0.1) is 0 Å². The van der Waals surface area contributed by atoms with Crippen LogP contribution < -0.4 is 10.6 Å². The summed E-state index contributed by atoms with van der Waals surface area (Å²) in [6.07, 6.45) is 8.01. The molecule has 0 radical (unpaired) electrons. The van der Waals surface area contributed by atoms with Crippen molar-refractivity contribution in [2.45, 2.75) is 116 Å². The van der Waals surface area contributed by atoms with Gasteiger partial charge < -0.3 is 20.3 Å². The molecule has 212 valence electrons. The van der Waals surface area contributed by atoms with E-state index in [0.717, 1.165) is 48.8 Å². The van der Waals surface area contributed by atoms with Crippen LogP contribution in [-0.2, 0) is 14.3 Å². The van der Waals surface area contributed by atoms with Gasteiger partial charge in [-0.1, -0.05) is 49.9 Å². The summed E-state index contributed by atoms with van der Waals surface area (Å²) in [4.78, 5) is 43.0. The number of nitrogens with one attached hydrogen (secondary N) is 2. The second-order valence-electron chi connectivity index (χ2n) is 12.1. The Morgan fingerprint density at radius 3 is 2.37 bits per heavy atom. The average Bonchev–Trinajstić information content (AvgIpc) is 3.56. The van der Waals surface area contributed by atoms with Crippen LogP contribution in [0.2, 0.25) is 0 Å². The molecule has 0 spiro atoms. The number of hydrogen-bond donors (Lipinski definition) is 2. The van der Waals surface area contributed by atoms with Crippen molar-refractivity contribution in [3.63, 3.8) is 0 Å². The minimum Gasteiger partial charge on any atom is -0.444 e. The molecule has 8 heteroatoms. The van der Waals surface area contributed by atoms with Crippen LogP contribution in [0.3, 0.4) is 0 Å². The van der Waals surface area contributed by atoms with E-state index in [1.165, 1.54) is 6.42 Å². The lowest BCUT2D eigenvalue weighted by Gasteiger charge is -2.37. The van der Waals surface area contributed by atoms with Crippen LogP contribution in [0.5, 0.6) is 0 Å². The van der Waals surface area contributed by atoms with Crippen LogP contribution in [-0.4, -0.2) is 58.5 Å². The summed E-state index contributed by atoms with van der Waals surface area (Å²) in [5.74, 6) is 0.641. The highest BCUT2D eigenvalue weighted by molar-refractivity contribution is 7.98.